The van der Waals surface area contributed by atoms with Crippen molar-refractivity contribution >= 4 is 11.8 Å². The number of allylic oxidation sites excluding steroid dienone is 3. The number of thioether (sulfide) groups is 1. The molecule has 0 aromatic heterocycles. The Balaban J connectivity index is 0.000000696. The highest BCUT2D eigenvalue weighted by molar-refractivity contribution is 7.99. The fourth-order valence-electron chi connectivity index (χ4n) is 2.85. The van der Waals surface area contributed by atoms with Crippen LogP contribution in [0.15, 0.2) is 84.3 Å². The van der Waals surface area contributed by atoms with Crippen LogP contribution in [0.3, 0.4) is 0 Å². The number of nitrogens with two attached hydrogens (primary N) is 1. The largest absolute Gasteiger partial charge is 0.330 e. The van der Waals surface area contributed by atoms with Crippen LogP contribution in [-0.4, -0.2) is 12.3 Å². The van der Waals surface area contributed by atoms with Gasteiger partial charge in [0.2, 0.25) is 0 Å². The number of hydrogen-bond donors (Lipinski definition) is 1. The Kier molecular flexibility index (Phi) is 15.0. The van der Waals surface area contributed by atoms with E-state index in [4.69, 9.17) is 5.73 Å². The van der Waals surface area contributed by atoms with Crippen LogP contribution in [0, 0.1) is 0 Å². The Bertz CT molecular complexity index is 648. The minimum absolute atomic E-state index is 0.778. The van der Waals surface area contributed by atoms with E-state index in [2.05, 4.69) is 61.2 Å². The molecule has 0 radical (unpaired) electrons. The second kappa shape index (κ2) is 17.3. The summed E-state index contributed by atoms with van der Waals surface area (Å²) >= 11 is 1.99. The van der Waals surface area contributed by atoms with Crippen molar-refractivity contribution in [1.82, 2.24) is 0 Å². The quantitative estimate of drug-likeness (QED) is 0.233. The van der Waals surface area contributed by atoms with Gasteiger partial charge in [-0.1, -0.05) is 80.1 Å². The van der Waals surface area contributed by atoms with Gasteiger partial charge in [-0.2, -0.15) is 0 Å². The van der Waals surface area contributed by atoms with Crippen LogP contribution in [0.4, 0.5) is 0 Å². The maximum absolute atomic E-state index is 5.58. The average Bonchev–Trinajstić information content (AvgIpc) is 2.74. The molecule has 0 saturated heterocycles. The first-order valence-corrected chi connectivity index (χ1v) is 11.5. The van der Waals surface area contributed by atoms with Crippen molar-refractivity contribution in [1.29, 1.82) is 0 Å². The predicted molar refractivity (Wildman–Crippen MR) is 128 cm³/mol. The highest BCUT2D eigenvalue weighted by atomic mass is 32.2. The topological polar surface area (TPSA) is 26.0 Å². The van der Waals surface area contributed by atoms with Crippen LogP contribution >= 0.6 is 11.8 Å². The normalized spacial score (nSPS) is 10.5. The van der Waals surface area contributed by atoms with E-state index in [1.54, 1.807) is 6.08 Å². The molecule has 0 aliphatic rings. The van der Waals surface area contributed by atoms with E-state index in [1.807, 2.05) is 30.8 Å². The first-order chi connectivity index (χ1) is 13.8. The first-order valence-electron chi connectivity index (χ1n) is 10.5. The Morgan fingerprint density at radius 2 is 1.57 bits per heavy atom. The molecule has 0 aliphatic carbocycles. The van der Waals surface area contributed by atoms with Crippen molar-refractivity contribution in [3.8, 4) is 0 Å². The van der Waals surface area contributed by atoms with Gasteiger partial charge in [-0.3, -0.25) is 0 Å². The molecule has 0 unspecified atom stereocenters. The molecule has 2 heteroatoms. The molecule has 0 saturated carbocycles. The van der Waals surface area contributed by atoms with Gasteiger partial charge in [0.1, 0.15) is 0 Å². The van der Waals surface area contributed by atoms with Crippen molar-refractivity contribution in [2.24, 2.45) is 5.73 Å². The molecule has 2 N–H and O–H groups in total. The van der Waals surface area contributed by atoms with E-state index in [0.717, 1.165) is 19.4 Å². The molecule has 0 aliphatic heterocycles. The van der Waals surface area contributed by atoms with Gasteiger partial charge in [-0.15, -0.1) is 11.8 Å². The molecule has 0 amide bonds. The van der Waals surface area contributed by atoms with Crippen molar-refractivity contribution in [2.75, 3.05) is 12.3 Å². The number of unbranched alkanes of at least 4 members (excludes halogenated alkanes) is 3. The lowest BCUT2D eigenvalue weighted by Gasteiger charge is -2.05. The highest BCUT2D eigenvalue weighted by Crippen LogP contribution is 2.21. The number of hydrogen-bond acceptors (Lipinski definition) is 2. The Labute approximate surface area is 177 Å². The Hall–Kier alpha value is -1.77. The number of aryl methyl sites for hydroxylation is 2. The van der Waals surface area contributed by atoms with E-state index < -0.39 is 0 Å². The second-order valence-corrected chi connectivity index (χ2v) is 7.97. The zero-order valence-electron chi connectivity index (χ0n) is 17.5. The van der Waals surface area contributed by atoms with Gasteiger partial charge in [0.05, 0.1) is 0 Å². The third kappa shape index (κ3) is 12.6. The van der Waals surface area contributed by atoms with Gasteiger partial charge >= 0.3 is 0 Å². The van der Waals surface area contributed by atoms with E-state index in [0.29, 0.717) is 0 Å². The van der Waals surface area contributed by atoms with Gasteiger partial charge in [-0.25, -0.2) is 0 Å². The molecule has 0 spiro atoms. The summed E-state index contributed by atoms with van der Waals surface area (Å²) in [6.45, 7) is 6.20. The van der Waals surface area contributed by atoms with E-state index >= 15 is 0 Å². The maximum atomic E-state index is 5.58. The fraction of sp³-hybridized carbons (Fsp3) is 0.385. The zero-order valence-corrected chi connectivity index (χ0v) is 18.3. The summed E-state index contributed by atoms with van der Waals surface area (Å²) in [7, 11) is 0. The van der Waals surface area contributed by atoms with Crippen molar-refractivity contribution in [2.45, 2.75) is 56.8 Å². The lowest BCUT2D eigenvalue weighted by atomic mass is 10.1. The molecular weight excluding hydrogens is 358 g/mol. The SMILES string of the molecule is C=C/C=C\C.NCCCc1cccc(SCCCCCCc2ccccc2)c1. The summed E-state index contributed by atoms with van der Waals surface area (Å²) in [4.78, 5) is 1.41. The van der Waals surface area contributed by atoms with Crippen LogP contribution < -0.4 is 5.73 Å². The predicted octanol–water partition coefficient (Wildman–Crippen LogP) is 7.22. The van der Waals surface area contributed by atoms with Gasteiger partial charge < -0.3 is 5.73 Å². The lowest BCUT2D eigenvalue weighted by Crippen LogP contribution is -2.00. The molecule has 0 fully saturated rings. The lowest BCUT2D eigenvalue weighted by molar-refractivity contribution is 0.670. The minimum atomic E-state index is 0.778. The molecule has 1 nitrogen and oxygen atoms in total. The Morgan fingerprint density at radius 3 is 2.25 bits per heavy atom. The van der Waals surface area contributed by atoms with Crippen LogP contribution in [-0.2, 0) is 12.8 Å². The molecule has 0 bridgehead atoms. The van der Waals surface area contributed by atoms with E-state index in [-0.39, 0.29) is 0 Å². The summed E-state index contributed by atoms with van der Waals surface area (Å²) in [6, 6.07) is 19.8. The minimum Gasteiger partial charge on any atom is -0.330 e. The summed E-state index contributed by atoms with van der Waals surface area (Å²) in [5.41, 5.74) is 8.47. The van der Waals surface area contributed by atoms with Crippen molar-refractivity contribution in [3.63, 3.8) is 0 Å². The first kappa shape index (κ1) is 24.3. The molecule has 2 aromatic carbocycles. The standard InChI is InChI=1S/C21H29NS.C5H8/c22-16-9-14-20-13-8-15-21(18-20)23-17-7-2-1-4-10-19-11-5-3-6-12-19;1-3-5-4-2/h3,5-6,8,11-13,15,18H,1-2,4,7,9-10,14,16-17,22H2;3-5H,1H2,2H3/b;5-4-. The van der Waals surface area contributed by atoms with Crippen LogP contribution in [0.5, 0.6) is 0 Å². The average molecular weight is 396 g/mol. The molecule has 2 aromatic rings. The van der Waals surface area contributed by atoms with E-state index in [9.17, 15) is 0 Å². The summed E-state index contributed by atoms with van der Waals surface area (Å²) < 4.78 is 0. The molecule has 0 atom stereocenters. The second-order valence-electron chi connectivity index (χ2n) is 6.80. The summed E-state index contributed by atoms with van der Waals surface area (Å²) in [6.07, 6.45) is 14.3. The molecule has 28 heavy (non-hydrogen) atoms. The highest BCUT2D eigenvalue weighted by Gasteiger charge is 1.98. The van der Waals surface area contributed by atoms with Crippen LogP contribution in [0.1, 0.15) is 50.2 Å². The summed E-state index contributed by atoms with van der Waals surface area (Å²) in [5, 5.41) is 0. The monoisotopic (exact) mass is 395 g/mol. The van der Waals surface area contributed by atoms with E-state index in [1.165, 1.54) is 53.9 Å². The van der Waals surface area contributed by atoms with Gasteiger partial charge in [-0.05, 0) is 74.6 Å². The van der Waals surface area contributed by atoms with Gasteiger partial charge in [0.15, 0.2) is 0 Å². The van der Waals surface area contributed by atoms with Crippen molar-refractivity contribution in [3.05, 3.63) is 90.5 Å². The van der Waals surface area contributed by atoms with Gasteiger partial charge in [0, 0.05) is 4.90 Å². The maximum Gasteiger partial charge on any atom is 0.00746 e. The van der Waals surface area contributed by atoms with Crippen LogP contribution in [0.25, 0.3) is 0 Å². The molecule has 2 rings (SSSR count). The Morgan fingerprint density at radius 1 is 0.857 bits per heavy atom. The van der Waals surface area contributed by atoms with Crippen LogP contribution in [0.2, 0.25) is 0 Å². The smallest absolute Gasteiger partial charge is 0.00746 e. The number of benzene rings is 2. The fourth-order valence-corrected chi connectivity index (χ4v) is 3.85. The summed E-state index contributed by atoms with van der Waals surface area (Å²) in [5.74, 6) is 1.23. The van der Waals surface area contributed by atoms with Gasteiger partial charge in [0.25, 0.3) is 0 Å². The van der Waals surface area contributed by atoms with Crippen molar-refractivity contribution < 1.29 is 0 Å². The third-order valence-electron chi connectivity index (χ3n) is 4.37. The molecular formula is C26H37NS. The molecule has 152 valence electrons. The zero-order chi connectivity index (χ0) is 20.3. The molecule has 0 heterocycles. The third-order valence-corrected chi connectivity index (χ3v) is 5.45. The number of rotatable bonds is 12.